The summed E-state index contributed by atoms with van der Waals surface area (Å²) in [6.07, 6.45) is 1.94. The lowest BCUT2D eigenvalue weighted by Crippen LogP contribution is -2.41. The van der Waals surface area contributed by atoms with Crippen LogP contribution in [0.3, 0.4) is 0 Å². The lowest BCUT2D eigenvalue weighted by atomic mass is 9.97. The zero-order chi connectivity index (χ0) is 21.5. The number of nitrogens with one attached hydrogen (secondary N) is 1. The fraction of sp³-hybridized carbons (Fsp3) is 0.435. The van der Waals surface area contributed by atoms with Crippen LogP contribution in [0.1, 0.15) is 35.1 Å². The predicted molar refractivity (Wildman–Crippen MR) is 116 cm³/mol. The molecule has 0 unspecified atom stereocenters. The van der Waals surface area contributed by atoms with Crippen LogP contribution in [0.4, 0.5) is 5.69 Å². The predicted octanol–water partition coefficient (Wildman–Crippen LogP) is 2.80. The van der Waals surface area contributed by atoms with Crippen molar-refractivity contribution in [2.45, 2.75) is 50.5 Å². The third-order valence-electron chi connectivity index (χ3n) is 6.33. The normalized spacial score (nSPS) is 20.2. The molecule has 2 aromatic rings. The molecular formula is C23H28N2O4S. The first-order valence-corrected chi connectivity index (χ1v) is 11.9. The molecule has 1 atom stereocenters. The Balaban J connectivity index is 1.38. The molecule has 30 heavy (non-hydrogen) atoms. The number of benzene rings is 2. The zero-order valence-electron chi connectivity index (χ0n) is 17.4. The fourth-order valence-corrected chi connectivity index (χ4v) is 5.85. The monoisotopic (exact) mass is 428 g/mol. The van der Waals surface area contributed by atoms with E-state index < -0.39 is 10.0 Å². The number of nitrogens with zero attached hydrogens (tertiary/aromatic N) is 1. The van der Waals surface area contributed by atoms with Gasteiger partial charge in [-0.15, -0.1) is 0 Å². The van der Waals surface area contributed by atoms with E-state index >= 15 is 0 Å². The number of rotatable bonds is 4. The van der Waals surface area contributed by atoms with Crippen LogP contribution in [0.5, 0.6) is 0 Å². The molecule has 6 nitrogen and oxygen atoms in total. The SMILES string of the molecule is Cc1ccc(S(=O)(=O)N2CCC(C(=O)Nc3ccc4c(c3)C[C@@H](O)C4)CC2)cc1C. The van der Waals surface area contributed by atoms with E-state index in [4.69, 9.17) is 0 Å². The van der Waals surface area contributed by atoms with Crippen LogP contribution in [0, 0.1) is 19.8 Å². The van der Waals surface area contributed by atoms with Crippen molar-refractivity contribution in [3.8, 4) is 0 Å². The van der Waals surface area contributed by atoms with Crippen molar-refractivity contribution in [1.82, 2.24) is 4.31 Å². The highest BCUT2D eigenvalue weighted by molar-refractivity contribution is 7.89. The van der Waals surface area contributed by atoms with Gasteiger partial charge in [0.2, 0.25) is 15.9 Å². The molecule has 0 spiro atoms. The summed E-state index contributed by atoms with van der Waals surface area (Å²) in [5.41, 5.74) is 4.95. The van der Waals surface area contributed by atoms with Crippen molar-refractivity contribution in [2.75, 3.05) is 18.4 Å². The number of aryl methyl sites for hydroxylation is 2. The number of hydrogen-bond donors (Lipinski definition) is 2. The number of aliphatic hydroxyl groups excluding tert-OH is 1. The first-order valence-electron chi connectivity index (χ1n) is 10.4. The number of aliphatic hydroxyl groups is 1. The lowest BCUT2D eigenvalue weighted by Gasteiger charge is -2.30. The summed E-state index contributed by atoms with van der Waals surface area (Å²) >= 11 is 0. The van der Waals surface area contributed by atoms with Gasteiger partial charge in [0, 0.05) is 24.7 Å². The van der Waals surface area contributed by atoms with Crippen molar-refractivity contribution in [3.63, 3.8) is 0 Å². The minimum absolute atomic E-state index is 0.0725. The van der Waals surface area contributed by atoms with Crippen LogP contribution in [0.2, 0.25) is 0 Å². The van der Waals surface area contributed by atoms with Crippen LogP contribution in [0.25, 0.3) is 0 Å². The Kier molecular flexibility index (Phi) is 5.70. The summed E-state index contributed by atoms with van der Waals surface area (Å²) in [5.74, 6) is -0.285. The van der Waals surface area contributed by atoms with Gasteiger partial charge in [-0.2, -0.15) is 4.31 Å². The molecule has 1 aliphatic heterocycles. The molecular weight excluding hydrogens is 400 g/mol. The van der Waals surface area contributed by atoms with Gasteiger partial charge in [-0.05, 0) is 86.1 Å². The van der Waals surface area contributed by atoms with E-state index in [0.29, 0.717) is 43.7 Å². The average Bonchev–Trinajstić information content (AvgIpc) is 3.09. The van der Waals surface area contributed by atoms with E-state index in [0.717, 1.165) is 27.9 Å². The highest BCUT2D eigenvalue weighted by atomic mass is 32.2. The molecule has 1 aliphatic carbocycles. The Morgan fingerprint density at radius 1 is 1.00 bits per heavy atom. The Morgan fingerprint density at radius 2 is 1.70 bits per heavy atom. The summed E-state index contributed by atoms with van der Waals surface area (Å²) in [7, 11) is -3.54. The van der Waals surface area contributed by atoms with E-state index in [1.807, 2.05) is 38.1 Å². The number of carbonyl (C=O) groups is 1. The van der Waals surface area contributed by atoms with Gasteiger partial charge in [0.1, 0.15) is 0 Å². The molecule has 2 aliphatic rings. The van der Waals surface area contributed by atoms with Crippen molar-refractivity contribution >= 4 is 21.6 Å². The van der Waals surface area contributed by atoms with Crippen LogP contribution in [-0.4, -0.2) is 42.9 Å². The van der Waals surface area contributed by atoms with Gasteiger partial charge in [0.25, 0.3) is 0 Å². The number of anilines is 1. The smallest absolute Gasteiger partial charge is 0.243 e. The van der Waals surface area contributed by atoms with Gasteiger partial charge in [0.15, 0.2) is 0 Å². The summed E-state index contributed by atoms with van der Waals surface area (Å²) in [6.45, 7) is 4.54. The zero-order valence-corrected chi connectivity index (χ0v) is 18.2. The Morgan fingerprint density at radius 3 is 2.40 bits per heavy atom. The highest BCUT2D eigenvalue weighted by Crippen LogP contribution is 2.28. The summed E-state index contributed by atoms with van der Waals surface area (Å²) in [5, 5.41) is 12.8. The molecule has 0 aromatic heterocycles. The Hall–Kier alpha value is -2.22. The van der Waals surface area contributed by atoms with Crippen LogP contribution in [-0.2, 0) is 27.7 Å². The Labute approximate surface area is 178 Å². The standard InChI is InChI=1S/C23H28N2O4S/c1-15-3-6-22(11-16(15)2)30(28,29)25-9-7-17(8-10-25)23(27)24-20-5-4-18-13-21(26)14-19(18)12-20/h3-6,11-12,17,21,26H,7-10,13-14H2,1-2H3,(H,24,27)/t21-/m0/s1. The molecule has 0 saturated carbocycles. The van der Waals surface area contributed by atoms with Crippen molar-refractivity contribution in [1.29, 1.82) is 0 Å². The van der Waals surface area contributed by atoms with Gasteiger partial charge in [-0.25, -0.2) is 8.42 Å². The van der Waals surface area contributed by atoms with Gasteiger partial charge in [-0.3, -0.25) is 4.79 Å². The van der Waals surface area contributed by atoms with Crippen molar-refractivity contribution < 1.29 is 18.3 Å². The number of hydrogen-bond acceptors (Lipinski definition) is 4. The maximum absolute atomic E-state index is 13.0. The molecule has 2 N–H and O–H groups in total. The van der Waals surface area contributed by atoms with Gasteiger partial charge < -0.3 is 10.4 Å². The third kappa shape index (κ3) is 4.15. The second-order valence-electron chi connectivity index (χ2n) is 8.46. The van der Waals surface area contributed by atoms with Crippen LogP contribution >= 0.6 is 0 Å². The van der Waals surface area contributed by atoms with E-state index in [2.05, 4.69) is 5.32 Å². The fourth-order valence-electron chi connectivity index (χ4n) is 4.30. The minimum Gasteiger partial charge on any atom is -0.392 e. The average molecular weight is 429 g/mol. The molecule has 1 heterocycles. The number of piperidine rings is 1. The molecule has 4 rings (SSSR count). The highest BCUT2D eigenvalue weighted by Gasteiger charge is 2.32. The second kappa shape index (κ2) is 8.13. The third-order valence-corrected chi connectivity index (χ3v) is 8.22. The minimum atomic E-state index is -3.54. The number of sulfonamides is 1. The first-order chi connectivity index (χ1) is 14.2. The maximum Gasteiger partial charge on any atom is 0.243 e. The molecule has 160 valence electrons. The lowest BCUT2D eigenvalue weighted by molar-refractivity contribution is -0.120. The summed E-state index contributed by atoms with van der Waals surface area (Å²) in [4.78, 5) is 13.0. The topological polar surface area (TPSA) is 86.7 Å². The molecule has 1 fully saturated rings. The Bertz CT molecular complexity index is 1070. The largest absolute Gasteiger partial charge is 0.392 e. The molecule has 2 aromatic carbocycles. The van der Waals surface area contributed by atoms with E-state index in [-0.39, 0.29) is 17.9 Å². The van der Waals surface area contributed by atoms with Crippen LogP contribution < -0.4 is 5.32 Å². The van der Waals surface area contributed by atoms with Crippen LogP contribution in [0.15, 0.2) is 41.3 Å². The molecule has 1 amide bonds. The van der Waals surface area contributed by atoms with E-state index in [9.17, 15) is 18.3 Å². The summed E-state index contributed by atoms with van der Waals surface area (Å²) < 4.78 is 27.4. The van der Waals surface area contributed by atoms with Gasteiger partial charge >= 0.3 is 0 Å². The van der Waals surface area contributed by atoms with Crippen molar-refractivity contribution in [3.05, 3.63) is 58.7 Å². The number of carbonyl (C=O) groups excluding carboxylic acids is 1. The molecule has 0 bridgehead atoms. The van der Waals surface area contributed by atoms with Gasteiger partial charge in [0.05, 0.1) is 11.0 Å². The van der Waals surface area contributed by atoms with E-state index in [1.54, 1.807) is 12.1 Å². The quantitative estimate of drug-likeness (QED) is 0.784. The van der Waals surface area contributed by atoms with E-state index in [1.165, 1.54) is 4.31 Å². The van der Waals surface area contributed by atoms with Crippen molar-refractivity contribution in [2.24, 2.45) is 5.92 Å². The second-order valence-corrected chi connectivity index (χ2v) is 10.4. The summed E-state index contributed by atoms with van der Waals surface area (Å²) in [6, 6.07) is 11.0. The maximum atomic E-state index is 13.0. The van der Waals surface area contributed by atoms with Gasteiger partial charge in [-0.1, -0.05) is 12.1 Å². The number of amides is 1. The first kappa shape index (κ1) is 21.0. The molecule has 0 radical (unpaired) electrons. The molecule has 1 saturated heterocycles. The molecule has 7 heteroatoms. The number of fused-ring (bicyclic) bond motifs is 1.